The zero-order valence-corrected chi connectivity index (χ0v) is 20.5. The molecule has 0 saturated carbocycles. The summed E-state index contributed by atoms with van der Waals surface area (Å²) in [5, 5.41) is 14.9. The lowest BCUT2D eigenvalue weighted by molar-refractivity contribution is -0.384. The van der Waals surface area contributed by atoms with E-state index in [0.29, 0.717) is 11.3 Å². The lowest BCUT2D eigenvalue weighted by Gasteiger charge is -2.25. The maximum Gasteiger partial charge on any atom is 0.269 e. The Kier molecular flexibility index (Phi) is 7.86. The maximum atomic E-state index is 13.3. The summed E-state index contributed by atoms with van der Waals surface area (Å²) in [7, 11) is -4.14. The summed E-state index contributed by atoms with van der Waals surface area (Å²) in [6.07, 6.45) is 1.63. The van der Waals surface area contributed by atoms with E-state index in [1.165, 1.54) is 42.6 Å². The van der Waals surface area contributed by atoms with Crippen LogP contribution >= 0.6 is 11.8 Å². The average molecular weight is 527 g/mol. The van der Waals surface area contributed by atoms with Crippen LogP contribution in [0.15, 0.2) is 88.9 Å². The highest BCUT2D eigenvalue weighted by Gasteiger charge is 2.27. The van der Waals surface area contributed by atoms with Gasteiger partial charge in [0, 0.05) is 23.6 Å². The Bertz CT molecular complexity index is 1360. The van der Waals surface area contributed by atoms with Crippen molar-refractivity contribution in [1.82, 2.24) is 5.43 Å². The first-order chi connectivity index (χ1) is 17.3. The molecule has 0 aromatic heterocycles. The van der Waals surface area contributed by atoms with Crippen LogP contribution in [0.25, 0.3) is 0 Å². The summed E-state index contributed by atoms with van der Waals surface area (Å²) in [6.45, 7) is -0.588. The highest BCUT2D eigenvalue weighted by molar-refractivity contribution is 8.00. The average Bonchev–Trinajstić information content (AvgIpc) is 2.85. The number of amides is 1. The van der Waals surface area contributed by atoms with E-state index < -0.39 is 27.4 Å². The van der Waals surface area contributed by atoms with Gasteiger partial charge in [-0.25, -0.2) is 13.8 Å². The molecule has 0 spiro atoms. The molecule has 3 aromatic rings. The van der Waals surface area contributed by atoms with E-state index in [0.717, 1.165) is 15.8 Å². The number of hydrogen-bond acceptors (Lipinski definition) is 8. The Labute approximate surface area is 212 Å². The number of carbonyl (C=O) groups excluding carboxylic acids is 1. The number of carbonyl (C=O) groups is 1. The molecule has 1 saturated heterocycles. The third-order valence-corrected chi connectivity index (χ3v) is 8.14. The SMILES string of the molecule is O=C(CN(c1ccc([N+](=O)[O-])cc1)S(=O)(=O)c1ccccc1)NN=Cc1cccc(OC2CSC2)c1. The molecule has 0 bridgehead atoms. The number of hydrogen-bond donors (Lipinski definition) is 1. The van der Waals surface area contributed by atoms with Gasteiger partial charge in [-0.05, 0) is 42.0 Å². The Balaban J connectivity index is 1.49. The van der Waals surface area contributed by atoms with Crippen molar-refractivity contribution in [3.63, 3.8) is 0 Å². The van der Waals surface area contributed by atoms with Crippen molar-refractivity contribution in [3.8, 4) is 5.75 Å². The molecule has 0 unspecified atom stereocenters. The summed E-state index contributed by atoms with van der Waals surface area (Å²) in [5.41, 5.74) is 2.94. The number of non-ortho nitro benzene ring substituents is 1. The van der Waals surface area contributed by atoms with Crippen LogP contribution < -0.4 is 14.5 Å². The van der Waals surface area contributed by atoms with Gasteiger partial charge in [0.25, 0.3) is 21.6 Å². The van der Waals surface area contributed by atoms with Crippen molar-refractivity contribution in [1.29, 1.82) is 0 Å². The molecule has 1 fully saturated rings. The Hall–Kier alpha value is -3.90. The van der Waals surface area contributed by atoms with Crippen LogP contribution in [0.4, 0.5) is 11.4 Å². The molecule has 10 nitrogen and oxygen atoms in total. The summed E-state index contributed by atoms with van der Waals surface area (Å²) in [6, 6.07) is 19.8. The van der Waals surface area contributed by atoms with Gasteiger partial charge >= 0.3 is 0 Å². The molecule has 1 amide bonds. The van der Waals surface area contributed by atoms with Crippen LogP contribution in [0.3, 0.4) is 0 Å². The molecule has 0 radical (unpaired) electrons. The van der Waals surface area contributed by atoms with E-state index in [2.05, 4.69) is 10.5 Å². The minimum absolute atomic E-state index is 0.0265. The van der Waals surface area contributed by atoms with Crippen LogP contribution in [0, 0.1) is 10.1 Å². The van der Waals surface area contributed by atoms with E-state index in [9.17, 15) is 23.3 Å². The smallest absolute Gasteiger partial charge is 0.269 e. The number of thioether (sulfide) groups is 1. The fourth-order valence-electron chi connectivity index (χ4n) is 3.26. The van der Waals surface area contributed by atoms with Crippen LogP contribution in [0.1, 0.15) is 5.56 Å². The predicted molar refractivity (Wildman–Crippen MR) is 138 cm³/mol. The number of nitro groups is 1. The molecule has 3 aromatic carbocycles. The minimum Gasteiger partial charge on any atom is -0.489 e. The van der Waals surface area contributed by atoms with E-state index in [1.807, 2.05) is 23.9 Å². The van der Waals surface area contributed by atoms with Gasteiger partial charge < -0.3 is 4.74 Å². The number of hydrazone groups is 1. The van der Waals surface area contributed by atoms with Gasteiger partial charge in [-0.3, -0.25) is 19.2 Å². The molecule has 0 aliphatic carbocycles. The summed E-state index contributed by atoms with van der Waals surface area (Å²) in [5.74, 6) is 1.91. The lowest BCUT2D eigenvalue weighted by atomic mass is 10.2. The molecule has 1 N–H and O–H groups in total. The molecular weight excluding hydrogens is 504 g/mol. The van der Waals surface area contributed by atoms with E-state index in [1.54, 1.807) is 30.3 Å². The number of benzene rings is 3. The van der Waals surface area contributed by atoms with Crippen LogP contribution in [0.2, 0.25) is 0 Å². The first kappa shape index (κ1) is 25.2. The van der Waals surface area contributed by atoms with E-state index >= 15 is 0 Å². The fourth-order valence-corrected chi connectivity index (χ4v) is 5.27. The number of nitro benzene ring substituents is 1. The second-order valence-corrected chi connectivity index (χ2v) is 10.7. The van der Waals surface area contributed by atoms with Gasteiger partial charge in [0.15, 0.2) is 0 Å². The quantitative estimate of drug-likeness (QED) is 0.243. The number of sulfonamides is 1. The molecule has 1 aliphatic heterocycles. The first-order valence-electron chi connectivity index (χ1n) is 10.8. The van der Waals surface area contributed by atoms with Crippen molar-refractivity contribution < 1.29 is 22.9 Å². The summed E-state index contributed by atoms with van der Waals surface area (Å²) < 4.78 is 33.3. The van der Waals surface area contributed by atoms with Crippen molar-refractivity contribution >= 4 is 45.3 Å². The van der Waals surface area contributed by atoms with Gasteiger partial charge in [0.1, 0.15) is 18.4 Å². The topological polar surface area (TPSA) is 131 Å². The second-order valence-electron chi connectivity index (χ2n) is 7.74. The van der Waals surface area contributed by atoms with Crippen molar-refractivity contribution in [2.24, 2.45) is 5.10 Å². The first-order valence-corrected chi connectivity index (χ1v) is 13.4. The molecule has 12 heteroatoms. The normalized spacial score (nSPS) is 13.7. The van der Waals surface area contributed by atoms with E-state index in [4.69, 9.17) is 4.74 Å². The van der Waals surface area contributed by atoms with Gasteiger partial charge in [0.05, 0.1) is 21.7 Å². The van der Waals surface area contributed by atoms with Gasteiger partial charge in [-0.2, -0.15) is 16.9 Å². The molecule has 1 heterocycles. The van der Waals surface area contributed by atoms with Crippen LogP contribution in [-0.2, 0) is 14.8 Å². The zero-order valence-electron chi connectivity index (χ0n) is 18.9. The van der Waals surface area contributed by atoms with E-state index in [-0.39, 0.29) is 22.4 Å². The Morgan fingerprint density at radius 2 is 1.83 bits per heavy atom. The molecule has 186 valence electrons. The van der Waals surface area contributed by atoms with Crippen molar-refractivity contribution in [2.75, 3.05) is 22.4 Å². The maximum absolute atomic E-state index is 13.3. The summed E-state index contributed by atoms with van der Waals surface area (Å²) >= 11 is 1.82. The van der Waals surface area contributed by atoms with Crippen LogP contribution in [-0.4, -0.2) is 49.6 Å². The largest absolute Gasteiger partial charge is 0.489 e. The minimum atomic E-state index is -4.14. The fraction of sp³-hybridized carbons (Fsp3) is 0.167. The monoisotopic (exact) mass is 526 g/mol. The number of nitrogens with one attached hydrogen (secondary N) is 1. The Morgan fingerprint density at radius 1 is 1.11 bits per heavy atom. The number of ether oxygens (including phenoxy) is 1. The standard InChI is InChI=1S/C24H22N4O6S2/c29-24(26-25-14-18-5-4-6-21(13-18)34-22-16-35-17-22)15-27(19-9-11-20(12-10-19)28(30)31)36(32,33)23-7-2-1-3-8-23/h1-14,22H,15-17H2,(H,26,29). The van der Waals surface area contributed by atoms with Gasteiger partial charge in [0.2, 0.25) is 0 Å². The number of anilines is 1. The number of rotatable bonds is 10. The van der Waals surface area contributed by atoms with Crippen molar-refractivity contribution in [3.05, 3.63) is 94.5 Å². The van der Waals surface area contributed by atoms with Gasteiger partial charge in [-0.1, -0.05) is 30.3 Å². The third kappa shape index (κ3) is 6.20. The molecular formula is C24H22N4O6S2. The second kappa shape index (κ2) is 11.2. The zero-order chi connectivity index (χ0) is 25.5. The third-order valence-electron chi connectivity index (χ3n) is 5.14. The number of nitrogens with zero attached hydrogens (tertiary/aromatic N) is 3. The lowest BCUT2D eigenvalue weighted by Crippen LogP contribution is -2.39. The molecule has 4 rings (SSSR count). The van der Waals surface area contributed by atoms with Crippen LogP contribution in [0.5, 0.6) is 5.75 Å². The Morgan fingerprint density at radius 3 is 2.47 bits per heavy atom. The molecule has 1 aliphatic rings. The summed E-state index contributed by atoms with van der Waals surface area (Å²) in [4.78, 5) is 23.0. The highest BCUT2D eigenvalue weighted by atomic mass is 32.2. The highest BCUT2D eigenvalue weighted by Crippen LogP contribution is 2.26. The molecule has 36 heavy (non-hydrogen) atoms. The van der Waals surface area contributed by atoms with Gasteiger partial charge in [-0.15, -0.1) is 0 Å². The predicted octanol–water partition coefficient (Wildman–Crippen LogP) is 3.43. The molecule has 0 atom stereocenters. The van der Waals surface area contributed by atoms with Crippen molar-refractivity contribution in [2.45, 2.75) is 11.0 Å².